The first-order chi connectivity index (χ1) is 21.7. The minimum Gasteiger partial charge on any atom is -0.507 e. The predicted octanol–water partition coefficient (Wildman–Crippen LogP) is 10.2. The van der Waals surface area contributed by atoms with Gasteiger partial charge in [-0.2, -0.15) is 0 Å². The van der Waals surface area contributed by atoms with Gasteiger partial charge in [0.25, 0.3) is 0 Å². The van der Waals surface area contributed by atoms with Crippen molar-refractivity contribution < 1.29 is 19.7 Å². The summed E-state index contributed by atoms with van der Waals surface area (Å²) in [6.45, 7) is 0. The number of benzene rings is 5. The summed E-state index contributed by atoms with van der Waals surface area (Å²) in [4.78, 5) is 18.4. The summed E-state index contributed by atoms with van der Waals surface area (Å²) in [5.41, 5.74) is 5.12. The maximum atomic E-state index is 10.3. The van der Waals surface area contributed by atoms with Crippen LogP contribution >= 0.6 is 47.8 Å². The van der Waals surface area contributed by atoms with E-state index in [1.54, 1.807) is 110 Å². The maximum absolute atomic E-state index is 10.3. The molecular weight excluding hydrogens is 768 g/mol. The highest BCUT2D eigenvalue weighted by molar-refractivity contribution is 9.11. The molecule has 0 aliphatic heterocycles. The number of hydrogen-bond donors (Lipinski definition) is 3. The van der Waals surface area contributed by atoms with Crippen molar-refractivity contribution in [2.75, 3.05) is 0 Å². The molecular formula is C34H21Br3N4O4. The molecule has 0 saturated heterocycles. The smallest absolute Gasteiger partial charge is 0.227 e. The van der Waals surface area contributed by atoms with Crippen LogP contribution in [-0.2, 0) is 0 Å². The summed E-state index contributed by atoms with van der Waals surface area (Å²) in [5, 5.41) is 30.7. The summed E-state index contributed by atoms with van der Waals surface area (Å²) in [6, 6.07) is 26.1. The van der Waals surface area contributed by atoms with Crippen LogP contribution in [-0.4, -0.2) is 38.9 Å². The van der Waals surface area contributed by atoms with Crippen LogP contribution in [0, 0.1) is 0 Å². The molecule has 0 aliphatic rings. The average Bonchev–Trinajstić information content (AvgIpc) is 3.46. The Morgan fingerprint density at radius 1 is 0.533 bits per heavy atom. The molecule has 0 unspecified atom stereocenters. The Balaban J connectivity index is 1.37. The van der Waals surface area contributed by atoms with Crippen molar-refractivity contribution in [3.05, 3.63) is 121 Å². The fraction of sp³-hybridized carbons (Fsp3) is 0. The highest BCUT2D eigenvalue weighted by Gasteiger charge is 2.12. The summed E-state index contributed by atoms with van der Waals surface area (Å²) in [6.07, 6.45) is 4.71. The zero-order valence-corrected chi connectivity index (χ0v) is 27.8. The minimum absolute atomic E-state index is 0.0917. The van der Waals surface area contributed by atoms with E-state index in [-0.39, 0.29) is 17.2 Å². The quantitative estimate of drug-likeness (QED) is 0.139. The van der Waals surface area contributed by atoms with Crippen LogP contribution in [0.5, 0.6) is 17.2 Å². The van der Waals surface area contributed by atoms with E-state index >= 15 is 0 Å². The van der Waals surface area contributed by atoms with E-state index in [0.29, 0.717) is 56.3 Å². The van der Waals surface area contributed by atoms with E-state index in [1.807, 2.05) is 0 Å². The summed E-state index contributed by atoms with van der Waals surface area (Å²) >= 11 is 10.2. The number of hydrogen-bond acceptors (Lipinski definition) is 8. The molecule has 0 spiro atoms. The fourth-order valence-electron chi connectivity index (χ4n) is 4.31. The number of fused-ring (bicyclic) bond motifs is 1. The van der Waals surface area contributed by atoms with E-state index in [9.17, 15) is 15.3 Å². The SMILES string of the molecule is Oc1ccc(Br)cc1C=Nc1cc(N=Cc2cc(Br)ccc2O)cc(-c2nc3cc(N=Cc4cc(Br)ccc4O)ccc3o2)c1. The van der Waals surface area contributed by atoms with Gasteiger partial charge in [-0.05, 0) is 91.0 Å². The van der Waals surface area contributed by atoms with Crippen molar-refractivity contribution in [3.8, 4) is 28.7 Å². The number of phenols is 3. The van der Waals surface area contributed by atoms with E-state index < -0.39 is 0 Å². The number of phenolic OH excluding ortho intramolecular Hbond substituents is 3. The van der Waals surface area contributed by atoms with Gasteiger partial charge in [0.15, 0.2) is 5.58 Å². The Hall–Kier alpha value is -4.58. The van der Waals surface area contributed by atoms with E-state index in [0.717, 1.165) is 13.4 Å². The second-order valence-electron chi connectivity index (χ2n) is 9.79. The molecule has 0 aliphatic carbocycles. The van der Waals surface area contributed by atoms with Crippen molar-refractivity contribution in [2.45, 2.75) is 0 Å². The Kier molecular flexibility index (Phi) is 8.92. The highest BCUT2D eigenvalue weighted by Crippen LogP contribution is 2.34. The van der Waals surface area contributed by atoms with E-state index in [1.165, 1.54) is 0 Å². The first-order valence-electron chi connectivity index (χ1n) is 13.3. The lowest BCUT2D eigenvalue weighted by atomic mass is 10.1. The van der Waals surface area contributed by atoms with Crippen LogP contribution in [0.2, 0.25) is 0 Å². The second-order valence-corrected chi connectivity index (χ2v) is 12.5. The van der Waals surface area contributed by atoms with Gasteiger partial charge in [-0.3, -0.25) is 15.0 Å². The van der Waals surface area contributed by atoms with Gasteiger partial charge in [0, 0.05) is 54.3 Å². The lowest BCUT2D eigenvalue weighted by molar-refractivity contribution is 0.474. The van der Waals surface area contributed by atoms with Crippen LogP contribution in [0.3, 0.4) is 0 Å². The number of rotatable bonds is 7. The second kappa shape index (κ2) is 13.2. The molecule has 3 N–H and O–H groups in total. The van der Waals surface area contributed by atoms with Crippen LogP contribution in [0.1, 0.15) is 16.7 Å². The zero-order chi connectivity index (χ0) is 31.5. The molecule has 0 bridgehead atoms. The Labute approximate surface area is 282 Å². The molecule has 0 atom stereocenters. The van der Waals surface area contributed by atoms with Gasteiger partial charge in [-0.25, -0.2) is 4.98 Å². The third-order valence-electron chi connectivity index (χ3n) is 6.55. The van der Waals surface area contributed by atoms with Gasteiger partial charge in [-0.1, -0.05) is 47.8 Å². The monoisotopic (exact) mass is 786 g/mol. The van der Waals surface area contributed by atoms with Crippen molar-refractivity contribution >= 4 is 94.6 Å². The van der Waals surface area contributed by atoms with Crippen molar-refractivity contribution in [1.82, 2.24) is 4.98 Å². The lowest BCUT2D eigenvalue weighted by Gasteiger charge is -2.04. The van der Waals surface area contributed by atoms with Crippen molar-refractivity contribution in [2.24, 2.45) is 15.0 Å². The van der Waals surface area contributed by atoms with Crippen LogP contribution in [0.15, 0.2) is 124 Å². The topological polar surface area (TPSA) is 124 Å². The number of oxazole rings is 1. The predicted molar refractivity (Wildman–Crippen MR) is 189 cm³/mol. The lowest BCUT2D eigenvalue weighted by Crippen LogP contribution is -1.84. The molecule has 0 radical (unpaired) electrons. The Bertz CT molecular complexity index is 2080. The number of aromatic hydroxyl groups is 3. The van der Waals surface area contributed by atoms with E-state index in [2.05, 4.69) is 62.8 Å². The third kappa shape index (κ3) is 7.39. The van der Waals surface area contributed by atoms with Gasteiger partial charge < -0.3 is 19.7 Å². The molecule has 5 aromatic carbocycles. The molecule has 6 aromatic rings. The zero-order valence-electron chi connectivity index (χ0n) is 23.1. The van der Waals surface area contributed by atoms with Crippen LogP contribution < -0.4 is 0 Å². The summed E-state index contributed by atoms with van der Waals surface area (Å²) in [5.74, 6) is 0.654. The Morgan fingerprint density at radius 3 is 1.49 bits per heavy atom. The maximum Gasteiger partial charge on any atom is 0.227 e. The van der Waals surface area contributed by atoms with Gasteiger partial charge >= 0.3 is 0 Å². The molecule has 1 heterocycles. The van der Waals surface area contributed by atoms with Crippen LogP contribution in [0.4, 0.5) is 17.1 Å². The standard InChI is InChI=1S/C34H21Br3N4O4/c35-23-1-5-30(42)20(9-23)16-38-26-4-8-33-29(15-26)41-34(45-33)19-12-27(39-17-21-10-24(36)2-6-31(21)43)14-28(13-19)40-18-22-11-25(37)3-7-32(22)44/h1-18,42-44H. The van der Waals surface area contributed by atoms with Crippen LogP contribution in [0.25, 0.3) is 22.6 Å². The number of aromatic nitrogens is 1. The Morgan fingerprint density at radius 2 is 1.00 bits per heavy atom. The molecule has 222 valence electrons. The molecule has 1 aromatic heterocycles. The molecule has 0 amide bonds. The minimum atomic E-state index is 0.0917. The van der Waals surface area contributed by atoms with Gasteiger partial charge in [0.05, 0.1) is 17.1 Å². The van der Waals surface area contributed by atoms with E-state index in [4.69, 9.17) is 9.40 Å². The molecule has 0 fully saturated rings. The number of aliphatic imine (C=N–C) groups is 3. The number of halogens is 3. The molecule has 11 heteroatoms. The molecule has 8 nitrogen and oxygen atoms in total. The molecule has 45 heavy (non-hydrogen) atoms. The summed E-state index contributed by atoms with van der Waals surface area (Å²) < 4.78 is 8.54. The molecule has 6 rings (SSSR count). The third-order valence-corrected chi connectivity index (χ3v) is 8.03. The largest absolute Gasteiger partial charge is 0.507 e. The van der Waals surface area contributed by atoms with Crippen molar-refractivity contribution in [3.63, 3.8) is 0 Å². The molecule has 0 saturated carbocycles. The highest BCUT2D eigenvalue weighted by atomic mass is 79.9. The fourth-order valence-corrected chi connectivity index (χ4v) is 5.44. The first kappa shape index (κ1) is 30.4. The normalized spacial score (nSPS) is 11.9. The average molecular weight is 789 g/mol. The first-order valence-corrected chi connectivity index (χ1v) is 15.7. The van der Waals surface area contributed by atoms with Gasteiger partial charge in [-0.15, -0.1) is 0 Å². The summed E-state index contributed by atoms with van der Waals surface area (Å²) in [7, 11) is 0. The van der Waals surface area contributed by atoms with Gasteiger partial charge in [0.1, 0.15) is 22.8 Å². The van der Waals surface area contributed by atoms with Gasteiger partial charge in [0.2, 0.25) is 5.89 Å². The number of nitrogens with zero attached hydrogens (tertiary/aromatic N) is 4. The van der Waals surface area contributed by atoms with Crippen molar-refractivity contribution in [1.29, 1.82) is 0 Å².